The number of nitrogens with zero attached hydrogens (tertiary/aromatic N) is 1. The van der Waals surface area contributed by atoms with Gasteiger partial charge in [-0.15, -0.1) is 12.4 Å². The van der Waals surface area contributed by atoms with Crippen molar-refractivity contribution in [1.82, 2.24) is 10.2 Å². The molecule has 0 radical (unpaired) electrons. The molecule has 2 amide bonds. The maximum absolute atomic E-state index is 12.2. The van der Waals surface area contributed by atoms with Crippen molar-refractivity contribution >= 4 is 24.2 Å². The SMILES string of the molecule is CNCC(C)C(=O)N1CC(C(N)=O)CCC1C.Cl. The van der Waals surface area contributed by atoms with Crippen LogP contribution in [-0.4, -0.2) is 42.9 Å². The minimum Gasteiger partial charge on any atom is -0.369 e. The van der Waals surface area contributed by atoms with Crippen LogP contribution in [0.5, 0.6) is 0 Å². The van der Waals surface area contributed by atoms with E-state index in [0.29, 0.717) is 13.1 Å². The maximum atomic E-state index is 12.2. The highest BCUT2D eigenvalue weighted by Crippen LogP contribution is 2.23. The highest BCUT2D eigenvalue weighted by Gasteiger charge is 2.33. The lowest BCUT2D eigenvalue weighted by Gasteiger charge is -2.38. The second-order valence-electron chi connectivity index (χ2n) is 4.97. The molecular formula is C12H24ClN3O2. The monoisotopic (exact) mass is 277 g/mol. The molecule has 6 heteroatoms. The van der Waals surface area contributed by atoms with Crippen molar-refractivity contribution in [2.75, 3.05) is 20.1 Å². The molecule has 1 fully saturated rings. The smallest absolute Gasteiger partial charge is 0.226 e. The molecule has 1 saturated heterocycles. The normalized spacial score (nSPS) is 25.2. The van der Waals surface area contributed by atoms with Crippen molar-refractivity contribution < 1.29 is 9.59 Å². The number of rotatable bonds is 4. The molecule has 0 aliphatic carbocycles. The third-order valence-electron chi connectivity index (χ3n) is 3.50. The number of likely N-dealkylation sites (tertiary alicyclic amines) is 1. The first-order valence-corrected chi connectivity index (χ1v) is 6.21. The van der Waals surface area contributed by atoms with Gasteiger partial charge in [-0.2, -0.15) is 0 Å². The standard InChI is InChI=1S/C12H23N3O2.ClH/c1-8(6-14-3)12(17)15-7-10(11(13)16)5-4-9(15)2;/h8-10,14H,4-7H2,1-3H3,(H2,13,16);1H. The minimum absolute atomic E-state index is 0. The van der Waals surface area contributed by atoms with Gasteiger partial charge in [0, 0.05) is 25.0 Å². The molecule has 1 heterocycles. The van der Waals surface area contributed by atoms with Gasteiger partial charge >= 0.3 is 0 Å². The average Bonchev–Trinajstić information content (AvgIpc) is 2.28. The van der Waals surface area contributed by atoms with E-state index in [1.165, 1.54) is 0 Å². The third-order valence-corrected chi connectivity index (χ3v) is 3.50. The Hall–Kier alpha value is -0.810. The Bertz CT molecular complexity index is 299. The molecule has 0 saturated carbocycles. The van der Waals surface area contributed by atoms with Crippen LogP contribution < -0.4 is 11.1 Å². The molecule has 5 nitrogen and oxygen atoms in total. The fourth-order valence-electron chi connectivity index (χ4n) is 2.32. The summed E-state index contributed by atoms with van der Waals surface area (Å²) in [6, 6.07) is 0.206. The van der Waals surface area contributed by atoms with Crippen molar-refractivity contribution in [2.24, 2.45) is 17.6 Å². The summed E-state index contributed by atoms with van der Waals surface area (Å²) in [6.07, 6.45) is 1.65. The van der Waals surface area contributed by atoms with E-state index in [0.717, 1.165) is 12.8 Å². The van der Waals surface area contributed by atoms with Crippen LogP contribution in [0.3, 0.4) is 0 Å². The number of nitrogens with one attached hydrogen (secondary N) is 1. The van der Waals surface area contributed by atoms with Crippen molar-refractivity contribution in [3.63, 3.8) is 0 Å². The molecule has 3 unspecified atom stereocenters. The minimum atomic E-state index is -0.295. The van der Waals surface area contributed by atoms with Crippen LogP contribution >= 0.6 is 12.4 Å². The van der Waals surface area contributed by atoms with E-state index >= 15 is 0 Å². The lowest BCUT2D eigenvalue weighted by molar-refractivity contribution is -0.140. The number of hydrogen-bond acceptors (Lipinski definition) is 3. The molecule has 1 aliphatic rings. The number of amides is 2. The fourth-order valence-corrected chi connectivity index (χ4v) is 2.32. The zero-order valence-electron chi connectivity index (χ0n) is 11.3. The van der Waals surface area contributed by atoms with Crippen LogP contribution in [0.25, 0.3) is 0 Å². The molecule has 3 atom stereocenters. The summed E-state index contributed by atoms with van der Waals surface area (Å²) < 4.78 is 0. The zero-order chi connectivity index (χ0) is 13.0. The number of nitrogens with two attached hydrogens (primary N) is 1. The van der Waals surface area contributed by atoms with Gasteiger partial charge in [0.1, 0.15) is 0 Å². The first-order chi connectivity index (χ1) is 7.97. The van der Waals surface area contributed by atoms with Gasteiger partial charge in [0.15, 0.2) is 0 Å². The predicted octanol–water partition coefficient (Wildman–Crippen LogP) is 0.376. The number of primary amides is 1. The number of carbonyl (C=O) groups is 2. The second kappa shape index (κ2) is 7.59. The molecule has 0 bridgehead atoms. The zero-order valence-corrected chi connectivity index (χ0v) is 12.1. The summed E-state index contributed by atoms with van der Waals surface area (Å²) in [7, 11) is 1.83. The van der Waals surface area contributed by atoms with Gasteiger partial charge in [0.05, 0.1) is 5.92 Å². The van der Waals surface area contributed by atoms with Gasteiger partial charge < -0.3 is 16.0 Å². The number of halogens is 1. The van der Waals surface area contributed by atoms with Crippen LogP contribution in [0, 0.1) is 11.8 Å². The van der Waals surface area contributed by atoms with E-state index < -0.39 is 0 Å². The van der Waals surface area contributed by atoms with Crippen LogP contribution in [0.15, 0.2) is 0 Å². The van der Waals surface area contributed by atoms with Crippen LogP contribution in [0.4, 0.5) is 0 Å². The second-order valence-corrected chi connectivity index (χ2v) is 4.97. The number of piperidine rings is 1. The highest BCUT2D eigenvalue weighted by molar-refractivity contribution is 5.85. The van der Waals surface area contributed by atoms with E-state index in [4.69, 9.17) is 5.73 Å². The predicted molar refractivity (Wildman–Crippen MR) is 73.4 cm³/mol. The van der Waals surface area contributed by atoms with Crippen molar-refractivity contribution in [2.45, 2.75) is 32.7 Å². The van der Waals surface area contributed by atoms with Crippen molar-refractivity contribution in [1.29, 1.82) is 0 Å². The van der Waals surface area contributed by atoms with Gasteiger partial charge in [-0.05, 0) is 26.8 Å². The van der Waals surface area contributed by atoms with Crippen molar-refractivity contribution in [3.05, 3.63) is 0 Å². The number of hydrogen-bond donors (Lipinski definition) is 2. The lowest BCUT2D eigenvalue weighted by Crippen LogP contribution is -2.51. The molecular weight excluding hydrogens is 254 g/mol. The molecule has 0 aromatic heterocycles. The summed E-state index contributed by atoms with van der Waals surface area (Å²) in [5.74, 6) is -0.431. The molecule has 1 rings (SSSR count). The van der Waals surface area contributed by atoms with Crippen LogP contribution in [-0.2, 0) is 9.59 Å². The Morgan fingerprint density at radius 2 is 2.06 bits per heavy atom. The lowest BCUT2D eigenvalue weighted by atomic mass is 9.92. The Labute approximate surface area is 115 Å². The molecule has 3 N–H and O–H groups in total. The quantitative estimate of drug-likeness (QED) is 0.780. The Kier molecular flexibility index (Phi) is 7.25. The fraction of sp³-hybridized carbons (Fsp3) is 0.833. The van der Waals surface area contributed by atoms with E-state index in [1.54, 1.807) is 4.90 Å². The van der Waals surface area contributed by atoms with E-state index in [-0.39, 0.29) is 42.1 Å². The van der Waals surface area contributed by atoms with Crippen LogP contribution in [0.1, 0.15) is 26.7 Å². The van der Waals surface area contributed by atoms with Gasteiger partial charge in [-0.3, -0.25) is 9.59 Å². The van der Waals surface area contributed by atoms with E-state index in [9.17, 15) is 9.59 Å². The summed E-state index contributed by atoms with van der Waals surface area (Å²) >= 11 is 0. The number of carbonyl (C=O) groups excluding carboxylic acids is 2. The first-order valence-electron chi connectivity index (χ1n) is 6.21. The van der Waals surface area contributed by atoms with Gasteiger partial charge in [-0.25, -0.2) is 0 Å². The molecule has 18 heavy (non-hydrogen) atoms. The molecule has 0 spiro atoms. The van der Waals surface area contributed by atoms with Crippen LogP contribution in [0.2, 0.25) is 0 Å². The van der Waals surface area contributed by atoms with E-state index in [2.05, 4.69) is 5.32 Å². The Morgan fingerprint density at radius 3 is 2.56 bits per heavy atom. The Morgan fingerprint density at radius 1 is 1.44 bits per heavy atom. The average molecular weight is 278 g/mol. The molecule has 106 valence electrons. The maximum Gasteiger partial charge on any atom is 0.226 e. The summed E-state index contributed by atoms with van der Waals surface area (Å²) in [4.78, 5) is 25.2. The molecule has 1 aliphatic heterocycles. The van der Waals surface area contributed by atoms with Gasteiger partial charge in [0.2, 0.25) is 11.8 Å². The summed E-state index contributed by atoms with van der Waals surface area (Å²) in [5, 5.41) is 3.00. The largest absolute Gasteiger partial charge is 0.369 e. The Balaban J connectivity index is 0.00000289. The topological polar surface area (TPSA) is 75.4 Å². The highest BCUT2D eigenvalue weighted by atomic mass is 35.5. The van der Waals surface area contributed by atoms with Gasteiger partial charge in [-0.1, -0.05) is 6.92 Å². The summed E-state index contributed by atoms with van der Waals surface area (Å²) in [6.45, 7) is 5.06. The van der Waals surface area contributed by atoms with Gasteiger partial charge in [0.25, 0.3) is 0 Å². The van der Waals surface area contributed by atoms with Crippen molar-refractivity contribution in [3.8, 4) is 0 Å². The third kappa shape index (κ3) is 4.14. The summed E-state index contributed by atoms with van der Waals surface area (Å²) in [5.41, 5.74) is 5.32. The molecule has 0 aromatic carbocycles. The molecule has 0 aromatic rings. The van der Waals surface area contributed by atoms with E-state index in [1.807, 2.05) is 20.9 Å². The first kappa shape index (κ1) is 17.2.